The van der Waals surface area contributed by atoms with Gasteiger partial charge in [-0.1, -0.05) is 40.5 Å². The van der Waals surface area contributed by atoms with Crippen LogP contribution in [0.1, 0.15) is 53.4 Å². The van der Waals surface area contributed by atoms with Crippen LogP contribution >= 0.6 is 0 Å². The smallest absolute Gasteiger partial charge is 0.00230 e. The van der Waals surface area contributed by atoms with Crippen molar-refractivity contribution in [3.05, 3.63) is 0 Å². The summed E-state index contributed by atoms with van der Waals surface area (Å²) in [5.41, 5.74) is 0. The average molecular weight is 185 g/mol. The Bertz CT molecular complexity index is 89.3. The van der Waals surface area contributed by atoms with Gasteiger partial charge in [0, 0.05) is 0 Å². The van der Waals surface area contributed by atoms with E-state index in [1.807, 2.05) is 0 Å². The van der Waals surface area contributed by atoms with Gasteiger partial charge in [0.1, 0.15) is 0 Å². The van der Waals surface area contributed by atoms with Crippen molar-refractivity contribution in [2.75, 3.05) is 13.1 Å². The molecule has 0 fully saturated rings. The van der Waals surface area contributed by atoms with E-state index in [9.17, 15) is 0 Å². The van der Waals surface area contributed by atoms with Gasteiger partial charge >= 0.3 is 0 Å². The summed E-state index contributed by atoms with van der Waals surface area (Å²) in [5, 5.41) is 3.55. The van der Waals surface area contributed by atoms with Crippen molar-refractivity contribution in [3.63, 3.8) is 0 Å². The molecule has 0 aromatic carbocycles. The molecule has 1 nitrogen and oxygen atoms in total. The van der Waals surface area contributed by atoms with Crippen LogP contribution in [-0.2, 0) is 0 Å². The Balaban J connectivity index is 3.23. The Labute approximate surface area is 84.3 Å². The van der Waals surface area contributed by atoms with E-state index >= 15 is 0 Å². The molecule has 80 valence electrons. The van der Waals surface area contributed by atoms with Crippen molar-refractivity contribution in [1.82, 2.24) is 5.32 Å². The maximum absolute atomic E-state index is 3.55. The van der Waals surface area contributed by atoms with Crippen molar-refractivity contribution in [3.8, 4) is 0 Å². The van der Waals surface area contributed by atoms with E-state index in [2.05, 4.69) is 33.0 Å². The second-order valence-corrected chi connectivity index (χ2v) is 4.45. The summed E-state index contributed by atoms with van der Waals surface area (Å²) in [6, 6.07) is 0. The fourth-order valence-corrected chi connectivity index (χ4v) is 1.77. The van der Waals surface area contributed by atoms with Crippen LogP contribution in [0.15, 0.2) is 0 Å². The summed E-state index contributed by atoms with van der Waals surface area (Å²) in [6.07, 6.45) is 5.34. The van der Waals surface area contributed by atoms with E-state index in [0.717, 1.165) is 11.8 Å². The summed E-state index contributed by atoms with van der Waals surface area (Å²) < 4.78 is 0. The zero-order valence-electron chi connectivity index (χ0n) is 9.90. The highest BCUT2D eigenvalue weighted by molar-refractivity contribution is 4.60. The quantitative estimate of drug-likeness (QED) is 0.611. The van der Waals surface area contributed by atoms with Crippen LogP contribution in [0.5, 0.6) is 0 Å². The van der Waals surface area contributed by atoms with Gasteiger partial charge in [-0.25, -0.2) is 0 Å². The van der Waals surface area contributed by atoms with Gasteiger partial charge in [0.25, 0.3) is 0 Å². The maximum Gasteiger partial charge on any atom is -0.00230 e. The summed E-state index contributed by atoms with van der Waals surface area (Å²) >= 11 is 0. The lowest BCUT2D eigenvalue weighted by Crippen LogP contribution is -2.26. The van der Waals surface area contributed by atoms with Gasteiger partial charge in [-0.3, -0.25) is 0 Å². The van der Waals surface area contributed by atoms with E-state index in [4.69, 9.17) is 0 Å². The molecule has 0 radical (unpaired) electrons. The maximum atomic E-state index is 3.55. The lowest BCUT2D eigenvalue weighted by atomic mass is 10.0. The molecule has 0 aliphatic rings. The molecular weight excluding hydrogens is 158 g/mol. The molecule has 0 heterocycles. The second-order valence-electron chi connectivity index (χ2n) is 4.45. The zero-order chi connectivity index (χ0) is 10.1. The fraction of sp³-hybridized carbons (Fsp3) is 1.00. The van der Waals surface area contributed by atoms with Crippen LogP contribution in [0.25, 0.3) is 0 Å². The highest BCUT2D eigenvalue weighted by atomic mass is 14.9. The van der Waals surface area contributed by atoms with Crippen LogP contribution in [-0.4, -0.2) is 13.1 Å². The SMILES string of the molecule is CCCC(C)CNCC(C)CCC. The van der Waals surface area contributed by atoms with Crippen LogP contribution in [0.3, 0.4) is 0 Å². The van der Waals surface area contributed by atoms with E-state index in [0.29, 0.717) is 0 Å². The van der Waals surface area contributed by atoms with E-state index in [-0.39, 0.29) is 0 Å². The van der Waals surface area contributed by atoms with Crippen molar-refractivity contribution in [2.45, 2.75) is 53.4 Å². The molecule has 0 aromatic heterocycles. The minimum atomic E-state index is 0.846. The number of hydrogen-bond acceptors (Lipinski definition) is 1. The lowest BCUT2D eigenvalue weighted by Gasteiger charge is -2.14. The third-order valence-electron chi connectivity index (χ3n) is 2.55. The Morgan fingerprint density at radius 1 is 0.846 bits per heavy atom. The van der Waals surface area contributed by atoms with Gasteiger partial charge in [0.05, 0.1) is 0 Å². The summed E-state index contributed by atoms with van der Waals surface area (Å²) in [4.78, 5) is 0. The summed E-state index contributed by atoms with van der Waals surface area (Å²) in [5.74, 6) is 1.69. The molecule has 2 atom stereocenters. The van der Waals surface area contributed by atoms with Gasteiger partial charge in [-0.05, 0) is 37.8 Å². The molecule has 13 heavy (non-hydrogen) atoms. The van der Waals surface area contributed by atoms with Crippen molar-refractivity contribution >= 4 is 0 Å². The predicted molar refractivity (Wildman–Crippen MR) is 61.0 cm³/mol. The minimum absolute atomic E-state index is 0.846. The van der Waals surface area contributed by atoms with Gasteiger partial charge in [-0.15, -0.1) is 0 Å². The van der Waals surface area contributed by atoms with Crippen LogP contribution in [0.2, 0.25) is 0 Å². The first-order valence-electron chi connectivity index (χ1n) is 5.91. The summed E-state index contributed by atoms with van der Waals surface area (Å²) in [6.45, 7) is 11.6. The number of nitrogens with one attached hydrogen (secondary N) is 1. The first-order chi connectivity index (χ1) is 6.20. The van der Waals surface area contributed by atoms with Gasteiger partial charge < -0.3 is 5.32 Å². The van der Waals surface area contributed by atoms with E-state index in [1.54, 1.807) is 0 Å². The highest BCUT2D eigenvalue weighted by Gasteiger charge is 2.02. The Hall–Kier alpha value is -0.0400. The largest absolute Gasteiger partial charge is 0.316 e. The third-order valence-corrected chi connectivity index (χ3v) is 2.55. The van der Waals surface area contributed by atoms with E-state index in [1.165, 1.54) is 38.8 Å². The molecule has 0 saturated heterocycles. The zero-order valence-corrected chi connectivity index (χ0v) is 9.90. The van der Waals surface area contributed by atoms with Crippen LogP contribution < -0.4 is 5.32 Å². The van der Waals surface area contributed by atoms with Crippen LogP contribution in [0.4, 0.5) is 0 Å². The van der Waals surface area contributed by atoms with Crippen molar-refractivity contribution < 1.29 is 0 Å². The number of hydrogen-bond donors (Lipinski definition) is 1. The van der Waals surface area contributed by atoms with Gasteiger partial charge in [0.2, 0.25) is 0 Å². The first-order valence-corrected chi connectivity index (χ1v) is 5.91. The molecule has 0 amide bonds. The first kappa shape index (κ1) is 13.0. The molecule has 0 aromatic rings. The standard InChI is InChI=1S/C12H27N/c1-5-7-11(3)9-13-10-12(4)8-6-2/h11-13H,5-10H2,1-4H3. The predicted octanol–water partition coefficient (Wildman–Crippen LogP) is 3.45. The Kier molecular flexibility index (Phi) is 8.53. The highest BCUT2D eigenvalue weighted by Crippen LogP contribution is 2.05. The monoisotopic (exact) mass is 185 g/mol. The van der Waals surface area contributed by atoms with Gasteiger partial charge in [-0.2, -0.15) is 0 Å². The third kappa shape index (κ3) is 8.29. The van der Waals surface area contributed by atoms with E-state index < -0.39 is 0 Å². The van der Waals surface area contributed by atoms with Crippen LogP contribution in [0, 0.1) is 11.8 Å². The molecule has 0 aliphatic carbocycles. The molecule has 0 aliphatic heterocycles. The molecule has 1 heteroatoms. The normalized spacial score (nSPS) is 15.7. The lowest BCUT2D eigenvalue weighted by molar-refractivity contribution is 0.424. The molecule has 2 unspecified atom stereocenters. The Morgan fingerprint density at radius 2 is 1.23 bits per heavy atom. The van der Waals surface area contributed by atoms with Gasteiger partial charge in [0.15, 0.2) is 0 Å². The second kappa shape index (κ2) is 8.55. The topological polar surface area (TPSA) is 12.0 Å². The molecule has 0 bridgehead atoms. The molecule has 0 rings (SSSR count). The molecule has 1 N–H and O–H groups in total. The molecular formula is C12H27N. The average Bonchev–Trinajstić information content (AvgIpc) is 2.05. The van der Waals surface area contributed by atoms with Crippen molar-refractivity contribution in [2.24, 2.45) is 11.8 Å². The Morgan fingerprint density at radius 3 is 1.54 bits per heavy atom. The number of rotatable bonds is 8. The molecule has 0 saturated carbocycles. The molecule has 0 spiro atoms. The van der Waals surface area contributed by atoms with Crippen molar-refractivity contribution in [1.29, 1.82) is 0 Å². The minimum Gasteiger partial charge on any atom is -0.316 e. The fourth-order valence-electron chi connectivity index (χ4n) is 1.77. The summed E-state index contributed by atoms with van der Waals surface area (Å²) in [7, 11) is 0.